The van der Waals surface area contributed by atoms with Crippen molar-refractivity contribution >= 4 is 38.9 Å². The Morgan fingerprint density at radius 1 is 1.11 bits per heavy atom. The van der Waals surface area contributed by atoms with Crippen LogP contribution >= 0.6 is 11.6 Å². The van der Waals surface area contributed by atoms with E-state index in [0.29, 0.717) is 5.69 Å². The Labute approximate surface area is 163 Å². The fourth-order valence-corrected chi connectivity index (χ4v) is 3.32. The van der Waals surface area contributed by atoms with Crippen LogP contribution in [0.2, 0.25) is 5.02 Å². The van der Waals surface area contributed by atoms with Crippen molar-refractivity contribution in [2.24, 2.45) is 0 Å². The number of rotatable bonds is 7. The maximum atomic E-state index is 12.6. The lowest BCUT2D eigenvalue weighted by Gasteiger charge is -2.19. The van der Waals surface area contributed by atoms with Crippen LogP contribution in [0, 0.1) is 6.92 Å². The summed E-state index contributed by atoms with van der Waals surface area (Å²) < 4.78 is 23.0. The molecular weight excluding hydrogens is 388 g/mol. The number of amides is 2. The summed E-state index contributed by atoms with van der Waals surface area (Å²) >= 11 is 6.02. The van der Waals surface area contributed by atoms with Crippen molar-refractivity contribution in [3.8, 4) is 0 Å². The third-order valence-electron chi connectivity index (χ3n) is 3.80. The fraction of sp³-hybridized carbons (Fsp3) is 0.263. The predicted octanol–water partition coefficient (Wildman–Crippen LogP) is 2.82. The van der Waals surface area contributed by atoms with Gasteiger partial charge < -0.3 is 10.6 Å². The van der Waals surface area contributed by atoms with Crippen LogP contribution in [0.25, 0.3) is 0 Å². The summed E-state index contributed by atoms with van der Waals surface area (Å²) in [5.74, 6) is -1.27. The molecule has 0 saturated heterocycles. The molecule has 8 heteroatoms. The van der Waals surface area contributed by atoms with E-state index in [1.54, 1.807) is 36.4 Å². The van der Waals surface area contributed by atoms with E-state index in [4.69, 9.17) is 11.6 Å². The lowest BCUT2D eigenvalue weighted by atomic mass is 10.1. The molecular formula is C19H21ClN2O4S. The standard InChI is InChI=1S/C19H21ClN2O4S/c1-13-6-5-7-14(12-13)21-19(24)17(10-11-27(2,25)26)22-18(23)15-8-3-4-9-16(15)20/h3-9,12,17H,10-11H2,1-2H3,(H,21,24)(H,22,23)/t17-/m0/s1. The van der Waals surface area contributed by atoms with Crippen molar-refractivity contribution in [3.63, 3.8) is 0 Å². The average Bonchev–Trinajstić information content (AvgIpc) is 2.58. The van der Waals surface area contributed by atoms with Crippen LogP contribution in [-0.2, 0) is 14.6 Å². The zero-order valence-corrected chi connectivity index (χ0v) is 16.6. The molecule has 0 bridgehead atoms. The second-order valence-electron chi connectivity index (χ2n) is 6.28. The van der Waals surface area contributed by atoms with Gasteiger partial charge in [0.15, 0.2) is 0 Å². The molecule has 0 fully saturated rings. The predicted molar refractivity (Wildman–Crippen MR) is 107 cm³/mol. The summed E-state index contributed by atoms with van der Waals surface area (Å²) in [5.41, 5.74) is 1.74. The van der Waals surface area contributed by atoms with Gasteiger partial charge in [0.05, 0.1) is 16.3 Å². The van der Waals surface area contributed by atoms with Crippen molar-refractivity contribution in [3.05, 3.63) is 64.7 Å². The molecule has 0 aliphatic carbocycles. The van der Waals surface area contributed by atoms with Gasteiger partial charge in [-0.25, -0.2) is 8.42 Å². The van der Waals surface area contributed by atoms with E-state index in [1.807, 2.05) is 13.0 Å². The summed E-state index contributed by atoms with van der Waals surface area (Å²) in [6.07, 6.45) is 1.03. The van der Waals surface area contributed by atoms with Crippen LogP contribution in [0.5, 0.6) is 0 Å². The summed E-state index contributed by atoms with van der Waals surface area (Å²) in [7, 11) is -3.30. The Kier molecular flexibility index (Phi) is 6.98. The third kappa shape index (κ3) is 6.69. The van der Waals surface area contributed by atoms with Crippen LogP contribution in [0.1, 0.15) is 22.3 Å². The highest BCUT2D eigenvalue weighted by Crippen LogP contribution is 2.16. The quantitative estimate of drug-likeness (QED) is 0.736. The molecule has 144 valence electrons. The van der Waals surface area contributed by atoms with Crippen molar-refractivity contribution in [1.29, 1.82) is 0 Å². The lowest BCUT2D eigenvalue weighted by molar-refractivity contribution is -0.118. The number of nitrogens with one attached hydrogen (secondary N) is 2. The van der Waals surface area contributed by atoms with Crippen LogP contribution in [-0.4, -0.2) is 38.3 Å². The highest BCUT2D eigenvalue weighted by atomic mass is 35.5. The summed E-state index contributed by atoms with van der Waals surface area (Å²) in [4.78, 5) is 25.1. The van der Waals surface area contributed by atoms with Gasteiger partial charge in [0.25, 0.3) is 5.91 Å². The fourth-order valence-electron chi connectivity index (χ4n) is 2.43. The van der Waals surface area contributed by atoms with Crippen molar-refractivity contribution in [1.82, 2.24) is 5.32 Å². The van der Waals surface area contributed by atoms with Gasteiger partial charge in [-0.1, -0.05) is 35.9 Å². The Bertz CT molecular complexity index is 944. The molecule has 0 unspecified atom stereocenters. The zero-order chi connectivity index (χ0) is 20.0. The molecule has 27 heavy (non-hydrogen) atoms. The largest absolute Gasteiger partial charge is 0.340 e. The van der Waals surface area contributed by atoms with E-state index in [2.05, 4.69) is 10.6 Å². The number of carbonyl (C=O) groups excluding carboxylic acids is 2. The van der Waals surface area contributed by atoms with Gasteiger partial charge in [-0.2, -0.15) is 0 Å². The number of anilines is 1. The summed E-state index contributed by atoms with van der Waals surface area (Å²) in [6.45, 7) is 1.88. The van der Waals surface area contributed by atoms with E-state index in [-0.39, 0.29) is 22.8 Å². The molecule has 0 aromatic heterocycles. The molecule has 0 aliphatic heterocycles. The van der Waals surface area contributed by atoms with E-state index >= 15 is 0 Å². The SMILES string of the molecule is Cc1cccc(NC(=O)[C@H](CCS(C)(=O)=O)NC(=O)c2ccccc2Cl)c1. The number of hydrogen-bond donors (Lipinski definition) is 2. The van der Waals surface area contributed by atoms with Gasteiger partial charge >= 0.3 is 0 Å². The zero-order valence-electron chi connectivity index (χ0n) is 15.0. The van der Waals surface area contributed by atoms with Gasteiger partial charge in [0.1, 0.15) is 15.9 Å². The van der Waals surface area contributed by atoms with Gasteiger partial charge in [-0.05, 0) is 43.2 Å². The Hall–Kier alpha value is -2.38. The monoisotopic (exact) mass is 408 g/mol. The van der Waals surface area contributed by atoms with Crippen LogP contribution in [0.4, 0.5) is 5.69 Å². The first-order chi connectivity index (χ1) is 12.7. The molecule has 2 N–H and O–H groups in total. The minimum Gasteiger partial charge on any atom is -0.340 e. The molecule has 0 spiro atoms. The maximum absolute atomic E-state index is 12.6. The second kappa shape index (κ2) is 9.01. The maximum Gasteiger partial charge on any atom is 0.253 e. The van der Waals surface area contributed by atoms with Crippen LogP contribution < -0.4 is 10.6 Å². The third-order valence-corrected chi connectivity index (χ3v) is 5.11. The van der Waals surface area contributed by atoms with E-state index in [0.717, 1.165) is 11.8 Å². The molecule has 0 saturated carbocycles. The first kappa shape index (κ1) is 20.9. The lowest BCUT2D eigenvalue weighted by Crippen LogP contribution is -2.44. The number of halogens is 1. The highest BCUT2D eigenvalue weighted by molar-refractivity contribution is 7.90. The smallest absolute Gasteiger partial charge is 0.253 e. The first-order valence-corrected chi connectivity index (χ1v) is 10.7. The van der Waals surface area contributed by atoms with Gasteiger partial charge in [-0.15, -0.1) is 0 Å². The Morgan fingerprint density at radius 2 is 1.81 bits per heavy atom. The second-order valence-corrected chi connectivity index (χ2v) is 8.95. The van der Waals surface area contributed by atoms with Crippen molar-refractivity contribution < 1.29 is 18.0 Å². The number of carbonyl (C=O) groups is 2. The number of aryl methyl sites for hydroxylation is 1. The number of hydrogen-bond acceptors (Lipinski definition) is 4. The molecule has 2 aromatic carbocycles. The average molecular weight is 409 g/mol. The minimum atomic E-state index is -3.30. The van der Waals surface area contributed by atoms with E-state index < -0.39 is 27.7 Å². The Morgan fingerprint density at radius 3 is 2.44 bits per heavy atom. The summed E-state index contributed by atoms with van der Waals surface area (Å²) in [6, 6.07) is 12.6. The minimum absolute atomic E-state index is 0.0489. The van der Waals surface area contributed by atoms with Gasteiger partial charge in [0, 0.05) is 11.9 Å². The molecule has 0 radical (unpaired) electrons. The molecule has 2 aromatic rings. The van der Waals surface area contributed by atoms with Gasteiger partial charge in [-0.3, -0.25) is 9.59 Å². The topological polar surface area (TPSA) is 92.3 Å². The van der Waals surface area contributed by atoms with E-state index in [9.17, 15) is 18.0 Å². The molecule has 2 rings (SSSR count). The number of sulfone groups is 1. The van der Waals surface area contributed by atoms with Gasteiger partial charge in [0.2, 0.25) is 5.91 Å². The van der Waals surface area contributed by atoms with Crippen LogP contribution in [0.3, 0.4) is 0 Å². The normalized spacial score (nSPS) is 12.3. The van der Waals surface area contributed by atoms with Crippen LogP contribution in [0.15, 0.2) is 48.5 Å². The molecule has 0 aliphatic rings. The Balaban J connectivity index is 2.18. The molecule has 2 amide bonds. The van der Waals surface area contributed by atoms with E-state index in [1.165, 1.54) is 6.07 Å². The molecule has 6 nitrogen and oxygen atoms in total. The summed E-state index contributed by atoms with van der Waals surface area (Å²) in [5, 5.41) is 5.54. The molecule has 0 heterocycles. The first-order valence-electron chi connectivity index (χ1n) is 8.26. The van der Waals surface area contributed by atoms with Crippen molar-refractivity contribution in [2.45, 2.75) is 19.4 Å². The molecule has 1 atom stereocenters. The number of benzene rings is 2. The highest BCUT2D eigenvalue weighted by Gasteiger charge is 2.24. The van der Waals surface area contributed by atoms with Crippen molar-refractivity contribution in [2.75, 3.05) is 17.3 Å².